The van der Waals surface area contributed by atoms with Crippen molar-refractivity contribution >= 4 is 11.6 Å². The van der Waals surface area contributed by atoms with E-state index in [1.165, 1.54) is 0 Å². The number of ether oxygens (including phenoxy) is 1. The number of hydrogen-bond acceptors (Lipinski definition) is 1. The summed E-state index contributed by atoms with van der Waals surface area (Å²) in [5, 5.41) is -1.67. The average molecular weight is 181 g/mol. The summed E-state index contributed by atoms with van der Waals surface area (Å²) in [7, 11) is 0. The summed E-state index contributed by atoms with van der Waals surface area (Å²) in [4.78, 5) is 0. The molecule has 0 aromatic heterocycles. The second kappa shape index (κ2) is 2.91. The normalized spacial score (nSPS) is 51.5. The minimum absolute atomic E-state index is 0.0208. The minimum Gasteiger partial charge on any atom is -0.370 e. The van der Waals surface area contributed by atoms with Crippen molar-refractivity contribution in [3.63, 3.8) is 0 Å². The van der Waals surface area contributed by atoms with Gasteiger partial charge in [0, 0.05) is 5.92 Å². The van der Waals surface area contributed by atoms with Crippen molar-refractivity contribution in [3.8, 4) is 0 Å². The molecule has 0 spiro atoms. The molecule has 0 saturated carbocycles. The molecule has 1 fully saturated rings. The van der Waals surface area contributed by atoms with Gasteiger partial charge in [-0.05, 0) is 13.3 Å². The predicted molar refractivity (Wildman–Crippen MR) is 43.5 cm³/mol. The third-order valence-electron chi connectivity index (χ3n) is 2.49. The van der Waals surface area contributed by atoms with Crippen LogP contribution in [0.25, 0.3) is 0 Å². The molecule has 1 heterocycles. The van der Waals surface area contributed by atoms with Crippen LogP contribution in [0.15, 0.2) is 0 Å². The molecular weight excluding hydrogens is 167 g/mol. The van der Waals surface area contributed by atoms with Crippen LogP contribution in [0.4, 0.5) is 4.39 Å². The molecule has 1 aliphatic rings. The van der Waals surface area contributed by atoms with E-state index in [0.29, 0.717) is 0 Å². The molecule has 0 unspecified atom stereocenters. The van der Waals surface area contributed by atoms with Crippen molar-refractivity contribution in [2.24, 2.45) is 5.92 Å². The maximum absolute atomic E-state index is 13.5. The van der Waals surface area contributed by atoms with E-state index in [2.05, 4.69) is 0 Å². The fraction of sp³-hybridized carbons (Fsp3) is 1.00. The van der Waals surface area contributed by atoms with Gasteiger partial charge in [-0.25, -0.2) is 4.39 Å². The topological polar surface area (TPSA) is 9.23 Å². The van der Waals surface area contributed by atoms with Crippen molar-refractivity contribution in [3.05, 3.63) is 0 Å². The maximum atomic E-state index is 13.5. The van der Waals surface area contributed by atoms with E-state index in [0.717, 1.165) is 6.42 Å². The zero-order valence-corrected chi connectivity index (χ0v) is 7.86. The summed E-state index contributed by atoms with van der Waals surface area (Å²) >= 11 is 5.65. The molecule has 0 aliphatic carbocycles. The van der Waals surface area contributed by atoms with Crippen LogP contribution in [0.2, 0.25) is 0 Å². The molecule has 0 aromatic rings. The van der Waals surface area contributed by atoms with E-state index in [4.69, 9.17) is 16.3 Å². The summed E-state index contributed by atoms with van der Waals surface area (Å²) < 4.78 is 18.8. The molecule has 3 heteroatoms. The van der Waals surface area contributed by atoms with E-state index in [-0.39, 0.29) is 12.0 Å². The van der Waals surface area contributed by atoms with Crippen LogP contribution in [0.1, 0.15) is 27.2 Å². The van der Waals surface area contributed by atoms with Crippen LogP contribution in [0.5, 0.6) is 0 Å². The predicted octanol–water partition coefficient (Wildman–Crippen LogP) is 2.72. The first-order chi connectivity index (χ1) is 5.00. The highest BCUT2D eigenvalue weighted by Crippen LogP contribution is 2.43. The molecular formula is C8H14ClFO. The first kappa shape index (κ1) is 9.27. The third kappa shape index (κ3) is 1.38. The summed E-state index contributed by atoms with van der Waals surface area (Å²) in [6, 6.07) is 0. The molecule has 1 saturated heterocycles. The fourth-order valence-corrected chi connectivity index (χ4v) is 1.73. The standard InChI is InChI=1S/C8H14ClFO/c1-4-7-5(2)8(9,10)6(3)11-7/h5-7H,4H2,1-3H3/t5-,6+,7-,8-/m1/s1. The van der Waals surface area contributed by atoms with Crippen molar-refractivity contribution in [1.82, 2.24) is 0 Å². The minimum atomic E-state index is -1.67. The molecule has 66 valence electrons. The van der Waals surface area contributed by atoms with Crippen molar-refractivity contribution in [1.29, 1.82) is 0 Å². The van der Waals surface area contributed by atoms with Crippen molar-refractivity contribution in [2.75, 3.05) is 0 Å². The number of halogens is 2. The second-order valence-corrected chi connectivity index (χ2v) is 3.77. The van der Waals surface area contributed by atoms with Gasteiger partial charge in [-0.2, -0.15) is 0 Å². The highest BCUT2D eigenvalue weighted by atomic mass is 35.5. The highest BCUT2D eigenvalue weighted by Gasteiger charge is 2.51. The van der Waals surface area contributed by atoms with Crippen LogP contribution in [-0.2, 0) is 4.74 Å². The molecule has 0 bridgehead atoms. The SMILES string of the molecule is CC[C@H]1O[C@@H](C)[C@@](F)(Cl)[C@@H]1C. The number of hydrogen-bond donors (Lipinski definition) is 0. The Hall–Kier alpha value is 0.180. The monoisotopic (exact) mass is 180 g/mol. The lowest BCUT2D eigenvalue weighted by molar-refractivity contribution is 0.0294. The summed E-state index contributed by atoms with van der Waals surface area (Å²) in [5.74, 6) is -0.204. The Kier molecular flexibility index (Phi) is 2.45. The van der Waals surface area contributed by atoms with Crippen LogP contribution < -0.4 is 0 Å². The third-order valence-corrected chi connectivity index (χ3v) is 3.14. The Balaban J connectivity index is 2.71. The maximum Gasteiger partial charge on any atom is 0.214 e. The van der Waals surface area contributed by atoms with Gasteiger partial charge < -0.3 is 4.74 Å². The van der Waals surface area contributed by atoms with Crippen LogP contribution in [0.3, 0.4) is 0 Å². The summed E-state index contributed by atoms with van der Waals surface area (Å²) in [5.41, 5.74) is 0. The van der Waals surface area contributed by atoms with Crippen molar-refractivity contribution in [2.45, 2.75) is 44.5 Å². The summed E-state index contributed by atoms with van der Waals surface area (Å²) in [6.45, 7) is 5.45. The fourth-order valence-electron chi connectivity index (χ4n) is 1.54. The van der Waals surface area contributed by atoms with Gasteiger partial charge in [0.2, 0.25) is 5.13 Å². The van der Waals surface area contributed by atoms with Gasteiger partial charge >= 0.3 is 0 Å². The zero-order valence-electron chi connectivity index (χ0n) is 7.10. The zero-order chi connectivity index (χ0) is 8.65. The van der Waals surface area contributed by atoms with Crippen LogP contribution in [0, 0.1) is 5.92 Å². The molecule has 1 aliphatic heterocycles. The van der Waals surface area contributed by atoms with Crippen LogP contribution in [-0.4, -0.2) is 17.3 Å². The molecule has 0 N–H and O–H groups in total. The molecule has 1 nitrogen and oxygen atoms in total. The van der Waals surface area contributed by atoms with Crippen LogP contribution >= 0.6 is 11.6 Å². The van der Waals surface area contributed by atoms with E-state index in [9.17, 15) is 4.39 Å². The first-order valence-corrected chi connectivity index (χ1v) is 4.41. The first-order valence-electron chi connectivity index (χ1n) is 4.03. The van der Waals surface area contributed by atoms with Crippen molar-refractivity contribution < 1.29 is 9.13 Å². The Morgan fingerprint density at radius 1 is 1.55 bits per heavy atom. The smallest absolute Gasteiger partial charge is 0.214 e. The van der Waals surface area contributed by atoms with Gasteiger partial charge in [0.15, 0.2) is 0 Å². The van der Waals surface area contributed by atoms with E-state index >= 15 is 0 Å². The Labute approximate surface area is 71.9 Å². The van der Waals surface area contributed by atoms with E-state index in [1.54, 1.807) is 13.8 Å². The van der Waals surface area contributed by atoms with E-state index < -0.39 is 11.2 Å². The number of alkyl halides is 2. The average Bonchev–Trinajstić information content (AvgIpc) is 2.14. The number of rotatable bonds is 1. The lowest BCUT2D eigenvalue weighted by Gasteiger charge is -2.19. The molecule has 0 radical (unpaired) electrons. The second-order valence-electron chi connectivity index (χ2n) is 3.19. The van der Waals surface area contributed by atoms with Gasteiger partial charge in [0.05, 0.1) is 6.10 Å². The van der Waals surface area contributed by atoms with Gasteiger partial charge in [0.25, 0.3) is 0 Å². The lowest BCUT2D eigenvalue weighted by Crippen LogP contribution is -2.30. The van der Waals surface area contributed by atoms with Gasteiger partial charge in [-0.1, -0.05) is 25.4 Å². The highest BCUT2D eigenvalue weighted by molar-refractivity contribution is 6.23. The largest absolute Gasteiger partial charge is 0.370 e. The molecule has 4 atom stereocenters. The molecule has 0 aromatic carbocycles. The van der Waals surface area contributed by atoms with Gasteiger partial charge in [-0.15, -0.1) is 0 Å². The van der Waals surface area contributed by atoms with Gasteiger partial charge in [0.1, 0.15) is 6.10 Å². The quantitative estimate of drug-likeness (QED) is 0.564. The Morgan fingerprint density at radius 2 is 2.09 bits per heavy atom. The lowest BCUT2D eigenvalue weighted by atomic mass is 9.98. The Bertz CT molecular complexity index is 149. The molecule has 1 rings (SSSR count). The van der Waals surface area contributed by atoms with Gasteiger partial charge in [-0.3, -0.25) is 0 Å². The molecule has 0 amide bonds. The summed E-state index contributed by atoms with van der Waals surface area (Å²) in [6.07, 6.45) is 0.320. The van der Waals surface area contributed by atoms with E-state index in [1.807, 2.05) is 6.92 Å². The Morgan fingerprint density at radius 3 is 2.27 bits per heavy atom. The molecule has 11 heavy (non-hydrogen) atoms.